The first kappa shape index (κ1) is 15.7. The number of benzene rings is 1. The molecule has 1 aromatic rings. The normalized spacial score (nSPS) is 21.9. The molecule has 2 atom stereocenters. The monoisotopic (exact) mass is 300 g/mol. The van der Waals surface area contributed by atoms with Crippen molar-refractivity contribution in [1.29, 1.82) is 0 Å². The summed E-state index contributed by atoms with van der Waals surface area (Å²) in [6.45, 7) is 4.21. The standard InChI is InChI=1S/C15H22F2N2S/c1-11-10-20-9-8-19(11)7-6-14(18-2)12-4-3-5-13(16)15(12)17/h3-5,11,14,18H,6-10H2,1-2H3. The van der Waals surface area contributed by atoms with Crippen LogP contribution in [0, 0.1) is 11.6 Å². The summed E-state index contributed by atoms with van der Waals surface area (Å²) in [5.41, 5.74) is 0.423. The van der Waals surface area contributed by atoms with Crippen molar-refractivity contribution in [2.24, 2.45) is 0 Å². The van der Waals surface area contributed by atoms with Gasteiger partial charge in [0.1, 0.15) is 0 Å². The van der Waals surface area contributed by atoms with E-state index in [4.69, 9.17) is 0 Å². The Hall–Kier alpha value is -0.650. The largest absolute Gasteiger partial charge is 0.313 e. The molecule has 1 heterocycles. The maximum absolute atomic E-state index is 13.8. The maximum atomic E-state index is 13.8. The number of nitrogens with zero attached hydrogens (tertiary/aromatic N) is 1. The number of rotatable bonds is 5. The molecular formula is C15H22F2N2S. The molecule has 1 aliphatic heterocycles. The van der Waals surface area contributed by atoms with Crippen molar-refractivity contribution < 1.29 is 8.78 Å². The quantitative estimate of drug-likeness (QED) is 0.900. The van der Waals surface area contributed by atoms with E-state index in [2.05, 4.69) is 17.1 Å². The highest BCUT2D eigenvalue weighted by Crippen LogP contribution is 2.23. The number of nitrogens with one attached hydrogen (secondary N) is 1. The molecule has 0 spiro atoms. The zero-order valence-corrected chi connectivity index (χ0v) is 12.9. The van der Waals surface area contributed by atoms with Crippen molar-refractivity contribution in [1.82, 2.24) is 10.2 Å². The first-order valence-electron chi connectivity index (χ1n) is 7.06. The fourth-order valence-corrected chi connectivity index (χ4v) is 3.72. The van der Waals surface area contributed by atoms with Crippen LogP contribution in [-0.4, -0.2) is 42.6 Å². The summed E-state index contributed by atoms with van der Waals surface area (Å²) < 4.78 is 27.2. The molecule has 0 radical (unpaired) electrons. The molecular weight excluding hydrogens is 278 g/mol. The number of halogens is 2. The summed E-state index contributed by atoms with van der Waals surface area (Å²) in [6, 6.07) is 4.80. The maximum Gasteiger partial charge on any atom is 0.163 e. The third-order valence-corrected chi connectivity index (χ3v) is 5.10. The second-order valence-electron chi connectivity index (χ2n) is 5.23. The Morgan fingerprint density at radius 1 is 1.45 bits per heavy atom. The van der Waals surface area contributed by atoms with Crippen molar-refractivity contribution in [2.45, 2.75) is 25.4 Å². The minimum Gasteiger partial charge on any atom is -0.313 e. The number of hydrogen-bond acceptors (Lipinski definition) is 3. The lowest BCUT2D eigenvalue weighted by Crippen LogP contribution is -2.41. The highest BCUT2D eigenvalue weighted by atomic mass is 32.2. The molecule has 1 N–H and O–H groups in total. The van der Waals surface area contributed by atoms with Crippen molar-refractivity contribution in [2.75, 3.05) is 31.6 Å². The number of hydrogen-bond donors (Lipinski definition) is 1. The predicted octanol–water partition coefficient (Wildman–Crippen LogP) is 3.05. The van der Waals surface area contributed by atoms with E-state index < -0.39 is 11.6 Å². The van der Waals surface area contributed by atoms with Gasteiger partial charge in [-0.15, -0.1) is 0 Å². The second-order valence-corrected chi connectivity index (χ2v) is 6.38. The van der Waals surface area contributed by atoms with E-state index in [0.29, 0.717) is 11.6 Å². The fourth-order valence-electron chi connectivity index (χ4n) is 2.63. The molecule has 0 aliphatic carbocycles. The van der Waals surface area contributed by atoms with Gasteiger partial charge < -0.3 is 5.32 Å². The van der Waals surface area contributed by atoms with E-state index in [0.717, 1.165) is 37.1 Å². The molecule has 1 aromatic carbocycles. The molecule has 1 fully saturated rings. The molecule has 0 bridgehead atoms. The Bertz CT molecular complexity index is 442. The summed E-state index contributed by atoms with van der Waals surface area (Å²) in [6.07, 6.45) is 0.784. The van der Waals surface area contributed by atoms with Crippen LogP contribution in [0.2, 0.25) is 0 Å². The SMILES string of the molecule is CNC(CCN1CCSCC1C)c1cccc(F)c1F. The molecule has 0 saturated carbocycles. The molecule has 2 rings (SSSR count). The van der Waals surface area contributed by atoms with Crippen LogP contribution in [0.1, 0.15) is 24.9 Å². The van der Waals surface area contributed by atoms with Crippen LogP contribution in [-0.2, 0) is 0 Å². The molecule has 20 heavy (non-hydrogen) atoms. The van der Waals surface area contributed by atoms with Gasteiger partial charge in [-0.1, -0.05) is 12.1 Å². The Labute approximate surface area is 123 Å². The molecule has 2 nitrogen and oxygen atoms in total. The fraction of sp³-hybridized carbons (Fsp3) is 0.600. The molecule has 0 amide bonds. The lowest BCUT2D eigenvalue weighted by atomic mass is 10.0. The highest BCUT2D eigenvalue weighted by Gasteiger charge is 2.21. The topological polar surface area (TPSA) is 15.3 Å². The molecule has 2 unspecified atom stereocenters. The van der Waals surface area contributed by atoms with E-state index in [1.807, 2.05) is 11.8 Å². The van der Waals surface area contributed by atoms with Gasteiger partial charge in [-0.25, -0.2) is 8.78 Å². The van der Waals surface area contributed by atoms with Crippen LogP contribution in [0.25, 0.3) is 0 Å². The van der Waals surface area contributed by atoms with E-state index in [9.17, 15) is 8.78 Å². The van der Waals surface area contributed by atoms with Crippen molar-refractivity contribution >= 4 is 11.8 Å². The van der Waals surface area contributed by atoms with Gasteiger partial charge in [0.25, 0.3) is 0 Å². The second kappa shape index (κ2) is 7.38. The average molecular weight is 300 g/mol. The first-order chi connectivity index (χ1) is 9.63. The molecule has 1 aliphatic rings. The predicted molar refractivity (Wildman–Crippen MR) is 81.1 cm³/mol. The van der Waals surface area contributed by atoms with Crippen LogP contribution < -0.4 is 5.32 Å². The van der Waals surface area contributed by atoms with Gasteiger partial charge in [-0.05, 0) is 26.5 Å². The van der Waals surface area contributed by atoms with Crippen molar-refractivity contribution in [3.63, 3.8) is 0 Å². The Morgan fingerprint density at radius 2 is 2.25 bits per heavy atom. The summed E-state index contributed by atoms with van der Waals surface area (Å²) in [5.74, 6) is 0.807. The van der Waals surface area contributed by atoms with Crippen LogP contribution >= 0.6 is 11.8 Å². The smallest absolute Gasteiger partial charge is 0.163 e. The van der Waals surface area contributed by atoms with Gasteiger partial charge in [-0.3, -0.25) is 4.90 Å². The summed E-state index contributed by atoms with van der Waals surface area (Å²) in [4.78, 5) is 2.43. The Kier molecular flexibility index (Phi) is 5.81. The van der Waals surface area contributed by atoms with Crippen molar-refractivity contribution in [3.8, 4) is 0 Å². The number of thioether (sulfide) groups is 1. The van der Waals surface area contributed by atoms with Gasteiger partial charge in [0.05, 0.1) is 0 Å². The third kappa shape index (κ3) is 3.71. The van der Waals surface area contributed by atoms with E-state index in [-0.39, 0.29) is 6.04 Å². The Balaban J connectivity index is 2.00. The minimum absolute atomic E-state index is 0.146. The molecule has 112 valence electrons. The van der Waals surface area contributed by atoms with Gasteiger partial charge in [-0.2, -0.15) is 11.8 Å². The van der Waals surface area contributed by atoms with E-state index in [1.54, 1.807) is 19.2 Å². The van der Waals surface area contributed by atoms with Crippen molar-refractivity contribution in [3.05, 3.63) is 35.4 Å². The zero-order valence-electron chi connectivity index (χ0n) is 12.0. The average Bonchev–Trinajstić information content (AvgIpc) is 2.45. The van der Waals surface area contributed by atoms with E-state index in [1.165, 1.54) is 0 Å². The zero-order chi connectivity index (χ0) is 14.5. The highest BCUT2D eigenvalue weighted by molar-refractivity contribution is 7.99. The van der Waals surface area contributed by atoms with Crippen LogP contribution in [0.4, 0.5) is 8.78 Å². The lowest BCUT2D eigenvalue weighted by molar-refractivity contribution is 0.220. The van der Waals surface area contributed by atoms with Gasteiger partial charge in [0, 0.05) is 42.2 Å². The van der Waals surface area contributed by atoms with Gasteiger partial charge in [0.15, 0.2) is 11.6 Å². The van der Waals surface area contributed by atoms with Gasteiger partial charge in [0.2, 0.25) is 0 Å². The summed E-state index contributed by atoms with van der Waals surface area (Å²) in [7, 11) is 1.80. The minimum atomic E-state index is -0.773. The first-order valence-corrected chi connectivity index (χ1v) is 8.22. The van der Waals surface area contributed by atoms with E-state index >= 15 is 0 Å². The summed E-state index contributed by atoms with van der Waals surface area (Å²) in [5, 5.41) is 3.10. The van der Waals surface area contributed by atoms with Crippen LogP contribution in [0.5, 0.6) is 0 Å². The third-order valence-electron chi connectivity index (χ3n) is 3.92. The summed E-state index contributed by atoms with van der Waals surface area (Å²) >= 11 is 1.98. The van der Waals surface area contributed by atoms with Gasteiger partial charge >= 0.3 is 0 Å². The lowest BCUT2D eigenvalue weighted by Gasteiger charge is -2.34. The Morgan fingerprint density at radius 3 is 2.95 bits per heavy atom. The van der Waals surface area contributed by atoms with Crippen LogP contribution in [0.3, 0.4) is 0 Å². The van der Waals surface area contributed by atoms with Crippen LogP contribution in [0.15, 0.2) is 18.2 Å². The molecule has 1 saturated heterocycles. The molecule has 0 aromatic heterocycles. The molecule has 5 heteroatoms.